The van der Waals surface area contributed by atoms with E-state index in [1.165, 1.54) is 29.3 Å². The SMILES string of the molecule is Fc1cccc(F)c1Nc1nccc(N2CCc3ccccc3C2)n1. The van der Waals surface area contributed by atoms with Gasteiger partial charge in [0, 0.05) is 19.3 Å². The second kappa shape index (κ2) is 6.47. The number of hydrogen-bond acceptors (Lipinski definition) is 4. The number of hydrogen-bond donors (Lipinski definition) is 1. The minimum atomic E-state index is -0.680. The number of anilines is 3. The molecule has 0 amide bonds. The second-order valence-corrected chi connectivity index (χ2v) is 5.90. The summed E-state index contributed by atoms with van der Waals surface area (Å²) in [7, 11) is 0. The van der Waals surface area contributed by atoms with Crippen LogP contribution in [-0.4, -0.2) is 16.5 Å². The lowest BCUT2D eigenvalue weighted by Gasteiger charge is -2.29. The van der Waals surface area contributed by atoms with Gasteiger partial charge in [-0.25, -0.2) is 13.8 Å². The quantitative estimate of drug-likeness (QED) is 0.782. The predicted molar refractivity (Wildman–Crippen MR) is 92.9 cm³/mol. The Morgan fingerprint density at radius 3 is 2.48 bits per heavy atom. The van der Waals surface area contributed by atoms with Crippen molar-refractivity contribution in [3.8, 4) is 0 Å². The molecule has 2 heterocycles. The Bertz CT molecular complexity index is 893. The molecule has 2 aromatic carbocycles. The maximum absolute atomic E-state index is 13.8. The van der Waals surface area contributed by atoms with Gasteiger partial charge in [0.05, 0.1) is 0 Å². The number of nitrogens with one attached hydrogen (secondary N) is 1. The van der Waals surface area contributed by atoms with Gasteiger partial charge in [-0.3, -0.25) is 0 Å². The van der Waals surface area contributed by atoms with Gasteiger partial charge >= 0.3 is 0 Å². The number of rotatable bonds is 3. The molecule has 0 fully saturated rings. The zero-order valence-corrected chi connectivity index (χ0v) is 13.4. The molecule has 0 unspecified atom stereocenters. The van der Waals surface area contributed by atoms with Crippen molar-refractivity contribution in [2.45, 2.75) is 13.0 Å². The molecular weight excluding hydrogens is 322 g/mol. The van der Waals surface area contributed by atoms with E-state index in [2.05, 4.69) is 32.3 Å². The molecule has 0 atom stereocenters. The van der Waals surface area contributed by atoms with Gasteiger partial charge in [-0.1, -0.05) is 30.3 Å². The van der Waals surface area contributed by atoms with Crippen molar-refractivity contribution in [1.29, 1.82) is 0 Å². The monoisotopic (exact) mass is 338 g/mol. The zero-order chi connectivity index (χ0) is 17.2. The van der Waals surface area contributed by atoms with E-state index < -0.39 is 11.6 Å². The van der Waals surface area contributed by atoms with Gasteiger partial charge in [0.15, 0.2) is 0 Å². The smallest absolute Gasteiger partial charge is 0.229 e. The van der Waals surface area contributed by atoms with Crippen molar-refractivity contribution in [3.63, 3.8) is 0 Å². The molecule has 4 nitrogen and oxygen atoms in total. The third-order valence-corrected chi connectivity index (χ3v) is 4.30. The molecule has 126 valence electrons. The van der Waals surface area contributed by atoms with E-state index in [4.69, 9.17) is 0 Å². The molecule has 4 rings (SSSR count). The van der Waals surface area contributed by atoms with Gasteiger partial charge in [0.25, 0.3) is 0 Å². The Balaban J connectivity index is 1.58. The Morgan fingerprint density at radius 2 is 1.68 bits per heavy atom. The van der Waals surface area contributed by atoms with Gasteiger partial charge in [-0.2, -0.15) is 4.98 Å². The Kier molecular flexibility index (Phi) is 4.01. The first-order valence-corrected chi connectivity index (χ1v) is 8.06. The van der Waals surface area contributed by atoms with E-state index in [-0.39, 0.29) is 11.6 Å². The number of nitrogens with zero attached hydrogens (tertiary/aromatic N) is 3. The Morgan fingerprint density at radius 1 is 0.920 bits per heavy atom. The van der Waals surface area contributed by atoms with Crippen LogP contribution in [0.2, 0.25) is 0 Å². The predicted octanol–water partition coefficient (Wildman–Crippen LogP) is 4.06. The Hall–Kier alpha value is -3.02. The van der Waals surface area contributed by atoms with Crippen LogP contribution in [0.3, 0.4) is 0 Å². The van der Waals surface area contributed by atoms with Crippen molar-refractivity contribution in [1.82, 2.24) is 9.97 Å². The molecule has 3 aromatic rings. The highest BCUT2D eigenvalue weighted by atomic mass is 19.1. The molecule has 1 aliphatic heterocycles. The third-order valence-electron chi connectivity index (χ3n) is 4.30. The number of aromatic nitrogens is 2. The molecule has 6 heteroatoms. The first-order chi connectivity index (χ1) is 12.2. The van der Waals surface area contributed by atoms with Gasteiger partial charge in [-0.15, -0.1) is 0 Å². The molecule has 0 radical (unpaired) electrons. The normalized spacial score (nSPS) is 13.4. The van der Waals surface area contributed by atoms with E-state index in [0.717, 1.165) is 25.3 Å². The summed E-state index contributed by atoms with van der Waals surface area (Å²) in [5, 5.41) is 2.64. The molecular formula is C19H16F2N4. The van der Waals surface area contributed by atoms with Gasteiger partial charge in [-0.05, 0) is 35.7 Å². The first kappa shape index (κ1) is 15.5. The summed E-state index contributed by atoms with van der Waals surface area (Å²) in [6.45, 7) is 1.59. The van der Waals surface area contributed by atoms with Crippen LogP contribution in [0, 0.1) is 11.6 Å². The zero-order valence-electron chi connectivity index (χ0n) is 13.4. The van der Waals surface area contributed by atoms with Crippen LogP contribution < -0.4 is 10.2 Å². The van der Waals surface area contributed by atoms with E-state index in [9.17, 15) is 8.78 Å². The second-order valence-electron chi connectivity index (χ2n) is 5.90. The molecule has 1 N–H and O–H groups in total. The number of fused-ring (bicyclic) bond motifs is 1. The van der Waals surface area contributed by atoms with Crippen LogP contribution in [-0.2, 0) is 13.0 Å². The van der Waals surface area contributed by atoms with Crippen molar-refractivity contribution >= 4 is 17.5 Å². The summed E-state index contributed by atoms with van der Waals surface area (Å²) in [5.41, 5.74) is 2.37. The maximum Gasteiger partial charge on any atom is 0.229 e. The highest BCUT2D eigenvalue weighted by molar-refractivity contribution is 5.57. The largest absolute Gasteiger partial charge is 0.352 e. The Labute approximate surface area is 144 Å². The first-order valence-electron chi connectivity index (χ1n) is 8.06. The summed E-state index contributed by atoms with van der Waals surface area (Å²) in [6, 6.07) is 13.8. The average Bonchev–Trinajstić information content (AvgIpc) is 2.65. The van der Waals surface area contributed by atoms with E-state index in [0.29, 0.717) is 0 Å². The molecule has 0 aliphatic carbocycles. The highest BCUT2D eigenvalue weighted by Crippen LogP contribution is 2.25. The lowest BCUT2D eigenvalue weighted by atomic mass is 10.00. The molecule has 0 spiro atoms. The van der Waals surface area contributed by atoms with Crippen molar-refractivity contribution in [2.24, 2.45) is 0 Å². The topological polar surface area (TPSA) is 41.1 Å². The highest BCUT2D eigenvalue weighted by Gasteiger charge is 2.18. The molecule has 0 saturated carbocycles. The van der Waals surface area contributed by atoms with Gasteiger partial charge in [0.1, 0.15) is 23.1 Å². The maximum atomic E-state index is 13.8. The van der Waals surface area contributed by atoms with Crippen molar-refractivity contribution < 1.29 is 8.78 Å². The summed E-state index contributed by atoms with van der Waals surface area (Å²) < 4.78 is 27.6. The fourth-order valence-electron chi connectivity index (χ4n) is 3.01. The van der Waals surface area contributed by atoms with E-state index >= 15 is 0 Å². The average molecular weight is 338 g/mol. The fourth-order valence-corrected chi connectivity index (χ4v) is 3.01. The van der Waals surface area contributed by atoms with Crippen LogP contribution in [0.15, 0.2) is 54.7 Å². The number of benzene rings is 2. The molecule has 0 saturated heterocycles. The summed E-state index contributed by atoms with van der Waals surface area (Å²) >= 11 is 0. The molecule has 1 aromatic heterocycles. The molecule has 0 bridgehead atoms. The van der Waals surface area contributed by atoms with Gasteiger partial charge < -0.3 is 10.2 Å². The van der Waals surface area contributed by atoms with Crippen LogP contribution in [0.5, 0.6) is 0 Å². The van der Waals surface area contributed by atoms with Crippen molar-refractivity contribution in [3.05, 3.63) is 77.5 Å². The van der Waals surface area contributed by atoms with E-state index in [1.807, 2.05) is 12.1 Å². The van der Waals surface area contributed by atoms with Gasteiger partial charge in [0.2, 0.25) is 5.95 Å². The number of halogens is 2. The van der Waals surface area contributed by atoms with Crippen LogP contribution in [0.1, 0.15) is 11.1 Å². The summed E-state index contributed by atoms with van der Waals surface area (Å²) in [6.07, 6.45) is 2.52. The van der Waals surface area contributed by atoms with Crippen LogP contribution in [0.25, 0.3) is 0 Å². The minimum Gasteiger partial charge on any atom is -0.352 e. The van der Waals surface area contributed by atoms with E-state index in [1.54, 1.807) is 12.3 Å². The summed E-state index contributed by atoms with van der Waals surface area (Å²) in [4.78, 5) is 10.6. The molecule has 1 aliphatic rings. The third kappa shape index (κ3) is 3.15. The summed E-state index contributed by atoms with van der Waals surface area (Å²) in [5.74, 6) is -0.467. The standard InChI is InChI=1S/C19H16F2N4/c20-15-6-3-7-16(21)18(15)24-19-22-10-8-17(23-19)25-11-9-13-4-1-2-5-14(13)12-25/h1-8,10H,9,11-12H2,(H,22,23,24). The number of para-hydroxylation sites is 1. The van der Waals surface area contributed by atoms with Crippen LogP contribution >= 0.6 is 0 Å². The lowest BCUT2D eigenvalue weighted by molar-refractivity contribution is 0.590. The minimum absolute atomic E-state index is 0.167. The lowest BCUT2D eigenvalue weighted by Crippen LogP contribution is -2.31. The van der Waals surface area contributed by atoms with Crippen LogP contribution in [0.4, 0.5) is 26.2 Å². The van der Waals surface area contributed by atoms with Crippen molar-refractivity contribution in [2.75, 3.05) is 16.8 Å². The fraction of sp³-hybridized carbons (Fsp3) is 0.158. The molecule has 25 heavy (non-hydrogen) atoms.